The van der Waals surface area contributed by atoms with Gasteiger partial charge in [0.25, 0.3) is 0 Å². The summed E-state index contributed by atoms with van der Waals surface area (Å²) in [7, 11) is 0. The quantitative estimate of drug-likeness (QED) is 0.739. The van der Waals surface area contributed by atoms with Crippen LogP contribution >= 0.6 is 0 Å². The average molecular weight is 269 g/mol. The van der Waals surface area contributed by atoms with Crippen LogP contribution < -0.4 is 5.73 Å². The van der Waals surface area contributed by atoms with Gasteiger partial charge in [-0.15, -0.1) is 10.2 Å². The second-order valence-electron chi connectivity index (χ2n) is 4.35. The fourth-order valence-corrected chi connectivity index (χ4v) is 1.88. The van der Waals surface area contributed by atoms with Gasteiger partial charge in [-0.3, -0.25) is 0 Å². The van der Waals surface area contributed by atoms with E-state index in [9.17, 15) is 4.39 Å². The highest BCUT2D eigenvalue weighted by atomic mass is 19.1. The first-order valence-electron chi connectivity index (χ1n) is 6.09. The number of nitrogens with two attached hydrogens (primary N) is 1. The van der Waals surface area contributed by atoms with Crippen molar-refractivity contribution in [1.82, 2.24) is 20.2 Å². The number of hydrogen-bond donors (Lipinski definition) is 1. The zero-order valence-corrected chi connectivity index (χ0v) is 10.6. The number of nitrogen functional groups attached to an aromatic ring is 1. The van der Waals surface area contributed by atoms with Crippen LogP contribution in [0.5, 0.6) is 0 Å². The summed E-state index contributed by atoms with van der Waals surface area (Å²) in [6.07, 6.45) is 0. The summed E-state index contributed by atoms with van der Waals surface area (Å²) in [5.41, 5.74) is 7.78. The minimum atomic E-state index is -0.359. The fourth-order valence-electron chi connectivity index (χ4n) is 1.88. The lowest BCUT2D eigenvalue weighted by atomic mass is 10.2. The molecule has 0 aliphatic carbocycles. The molecule has 0 unspecified atom stereocenters. The van der Waals surface area contributed by atoms with Gasteiger partial charge in [-0.2, -0.15) is 4.80 Å². The number of anilines is 1. The van der Waals surface area contributed by atoms with Crippen LogP contribution in [0.1, 0.15) is 5.56 Å². The zero-order valence-electron chi connectivity index (χ0n) is 10.6. The Bertz CT molecular complexity index is 723. The normalized spacial score (nSPS) is 10.7. The lowest BCUT2D eigenvalue weighted by Crippen LogP contribution is -2.06. The van der Waals surface area contributed by atoms with E-state index in [4.69, 9.17) is 5.73 Å². The van der Waals surface area contributed by atoms with Crippen molar-refractivity contribution < 1.29 is 4.39 Å². The largest absolute Gasteiger partial charge is 0.398 e. The highest BCUT2D eigenvalue weighted by Gasteiger charge is 2.07. The molecule has 0 bridgehead atoms. The molecular weight excluding hydrogens is 257 g/mol. The Morgan fingerprint density at radius 3 is 2.65 bits per heavy atom. The van der Waals surface area contributed by atoms with Gasteiger partial charge in [0.05, 0.1) is 6.54 Å². The first-order valence-corrected chi connectivity index (χ1v) is 6.09. The highest BCUT2D eigenvalue weighted by Crippen LogP contribution is 2.15. The van der Waals surface area contributed by atoms with Crippen molar-refractivity contribution >= 4 is 5.69 Å². The van der Waals surface area contributed by atoms with E-state index in [1.807, 2.05) is 30.3 Å². The van der Waals surface area contributed by atoms with E-state index in [-0.39, 0.29) is 5.82 Å². The summed E-state index contributed by atoms with van der Waals surface area (Å²) >= 11 is 0. The molecule has 0 spiro atoms. The van der Waals surface area contributed by atoms with E-state index in [0.717, 1.165) is 11.1 Å². The standard InChI is InChI=1S/C14H12FN5/c15-12-7-6-11(13(16)8-12)9-20-18-14(17-19-20)10-4-2-1-3-5-10/h1-8H,9,16H2. The van der Waals surface area contributed by atoms with Crippen molar-refractivity contribution in [2.24, 2.45) is 0 Å². The van der Waals surface area contributed by atoms with E-state index in [0.29, 0.717) is 18.1 Å². The minimum absolute atomic E-state index is 0.353. The van der Waals surface area contributed by atoms with Crippen molar-refractivity contribution in [2.45, 2.75) is 6.54 Å². The summed E-state index contributed by atoms with van der Waals surface area (Å²) < 4.78 is 13.0. The minimum Gasteiger partial charge on any atom is -0.398 e. The molecule has 2 N–H and O–H groups in total. The van der Waals surface area contributed by atoms with Gasteiger partial charge in [0.1, 0.15) is 5.82 Å². The predicted octanol–water partition coefficient (Wildman–Crippen LogP) is 2.11. The third kappa shape index (κ3) is 2.49. The molecule has 0 radical (unpaired) electrons. The van der Waals surface area contributed by atoms with Gasteiger partial charge in [-0.1, -0.05) is 36.4 Å². The molecule has 100 valence electrons. The number of benzene rings is 2. The Balaban J connectivity index is 1.84. The van der Waals surface area contributed by atoms with E-state index in [2.05, 4.69) is 15.4 Å². The average Bonchev–Trinajstić information content (AvgIpc) is 2.92. The summed E-state index contributed by atoms with van der Waals surface area (Å²) in [6, 6.07) is 13.8. The first-order chi connectivity index (χ1) is 9.72. The molecule has 0 aliphatic heterocycles. The van der Waals surface area contributed by atoms with Crippen LogP contribution in [0.4, 0.5) is 10.1 Å². The van der Waals surface area contributed by atoms with Gasteiger partial charge in [0.2, 0.25) is 5.82 Å². The van der Waals surface area contributed by atoms with E-state index in [1.165, 1.54) is 16.9 Å². The van der Waals surface area contributed by atoms with Crippen LogP contribution in [0.2, 0.25) is 0 Å². The van der Waals surface area contributed by atoms with Gasteiger partial charge < -0.3 is 5.73 Å². The number of hydrogen-bond acceptors (Lipinski definition) is 4. The van der Waals surface area contributed by atoms with Crippen LogP contribution in [0.15, 0.2) is 48.5 Å². The van der Waals surface area contributed by atoms with E-state index < -0.39 is 0 Å². The Morgan fingerprint density at radius 1 is 1.10 bits per heavy atom. The van der Waals surface area contributed by atoms with Crippen molar-refractivity contribution in [3.63, 3.8) is 0 Å². The Kier molecular flexibility index (Phi) is 3.12. The summed E-state index contributed by atoms with van der Waals surface area (Å²) in [6.45, 7) is 0.353. The molecule has 0 saturated carbocycles. The molecule has 1 heterocycles. The lowest BCUT2D eigenvalue weighted by Gasteiger charge is -2.03. The topological polar surface area (TPSA) is 69.6 Å². The maximum atomic E-state index is 13.0. The molecule has 0 aliphatic rings. The molecular formula is C14H12FN5. The third-order valence-electron chi connectivity index (χ3n) is 2.90. The van der Waals surface area contributed by atoms with Gasteiger partial charge in [-0.25, -0.2) is 4.39 Å². The first kappa shape index (κ1) is 12.3. The van der Waals surface area contributed by atoms with Crippen LogP contribution in [0.25, 0.3) is 11.4 Å². The molecule has 3 aromatic rings. The van der Waals surface area contributed by atoms with Crippen LogP contribution in [0.3, 0.4) is 0 Å². The molecule has 3 rings (SSSR count). The molecule has 2 aromatic carbocycles. The van der Waals surface area contributed by atoms with E-state index >= 15 is 0 Å². The molecule has 0 amide bonds. The second-order valence-corrected chi connectivity index (χ2v) is 4.35. The number of halogens is 1. The molecule has 0 atom stereocenters. The predicted molar refractivity (Wildman–Crippen MR) is 73.2 cm³/mol. The second kappa shape index (κ2) is 5.08. The third-order valence-corrected chi connectivity index (χ3v) is 2.90. The molecule has 6 heteroatoms. The van der Waals surface area contributed by atoms with Gasteiger partial charge >= 0.3 is 0 Å². The molecule has 5 nitrogen and oxygen atoms in total. The monoisotopic (exact) mass is 269 g/mol. The highest BCUT2D eigenvalue weighted by molar-refractivity contribution is 5.53. The van der Waals surface area contributed by atoms with Crippen molar-refractivity contribution in [1.29, 1.82) is 0 Å². The number of tetrazole rings is 1. The van der Waals surface area contributed by atoms with Gasteiger partial charge in [-0.05, 0) is 22.9 Å². The maximum absolute atomic E-state index is 13.0. The summed E-state index contributed by atoms with van der Waals surface area (Å²) in [5.74, 6) is 0.189. The lowest BCUT2D eigenvalue weighted by molar-refractivity contribution is 0.571. The Hall–Kier alpha value is -2.76. The number of nitrogens with zero attached hydrogens (tertiary/aromatic N) is 4. The van der Waals surface area contributed by atoms with Crippen LogP contribution in [-0.4, -0.2) is 20.2 Å². The fraction of sp³-hybridized carbons (Fsp3) is 0.0714. The molecule has 1 aromatic heterocycles. The molecule has 0 fully saturated rings. The number of rotatable bonds is 3. The Labute approximate surface area is 114 Å². The SMILES string of the molecule is Nc1cc(F)ccc1Cn1nnc(-c2ccccc2)n1. The van der Waals surface area contributed by atoms with Crippen LogP contribution in [-0.2, 0) is 6.54 Å². The van der Waals surface area contributed by atoms with Gasteiger partial charge in [0, 0.05) is 11.3 Å². The van der Waals surface area contributed by atoms with Gasteiger partial charge in [0.15, 0.2) is 0 Å². The summed E-state index contributed by atoms with van der Waals surface area (Å²) in [5, 5.41) is 12.3. The Morgan fingerprint density at radius 2 is 1.90 bits per heavy atom. The van der Waals surface area contributed by atoms with Crippen molar-refractivity contribution in [3.8, 4) is 11.4 Å². The van der Waals surface area contributed by atoms with E-state index in [1.54, 1.807) is 6.07 Å². The van der Waals surface area contributed by atoms with Crippen molar-refractivity contribution in [3.05, 3.63) is 59.9 Å². The number of aromatic nitrogens is 4. The van der Waals surface area contributed by atoms with Crippen molar-refractivity contribution in [2.75, 3.05) is 5.73 Å². The zero-order chi connectivity index (χ0) is 13.9. The molecule has 20 heavy (non-hydrogen) atoms. The van der Waals surface area contributed by atoms with Crippen LogP contribution in [0, 0.1) is 5.82 Å². The summed E-state index contributed by atoms with van der Waals surface area (Å²) in [4.78, 5) is 1.44. The smallest absolute Gasteiger partial charge is 0.204 e. The maximum Gasteiger partial charge on any atom is 0.204 e. The molecule has 0 saturated heterocycles.